The van der Waals surface area contributed by atoms with Crippen molar-refractivity contribution < 1.29 is 18.3 Å². The number of hydrogen-bond donors (Lipinski definition) is 0. The van der Waals surface area contributed by atoms with Gasteiger partial charge in [0, 0.05) is 37.2 Å². The van der Waals surface area contributed by atoms with Crippen LogP contribution in [-0.2, 0) is 22.5 Å². The number of ketones is 1. The number of aliphatic imine (C=N–C) groups is 1. The van der Waals surface area contributed by atoms with Crippen LogP contribution < -0.4 is 0 Å². The number of nitrogens with zero attached hydrogens (tertiary/aromatic N) is 3. The van der Waals surface area contributed by atoms with Gasteiger partial charge in [0.2, 0.25) is 5.90 Å². The first kappa shape index (κ1) is 21.6. The molecule has 0 radical (unpaired) electrons. The maximum absolute atomic E-state index is 13.8. The van der Waals surface area contributed by atoms with Gasteiger partial charge in [-0.05, 0) is 37.1 Å². The number of alkyl halides is 2. The Kier molecular flexibility index (Phi) is 6.41. The molecule has 4 rings (SSSR count). The molecule has 3 atom stereocenters. The molecule has 0 saturated carbocycles. The minimum atomic E-state index is -2.46. The van der Waals surface area contributed by atoms with Crippen LogP contribution in [-0.4, -0.2) is 54.2 Å². The molecule has 1 aromatic carbocycles. The van der Waals surface area contributed by atoms with E-state index in [0.29, 0.717) is 31.3 Å². The first-order valence-electron chi connectivity index (χ1n) is 10.7. The standard InChI is InChI=1S/C24H27F2N3O2/c1-3-31-24-20-13-27-18(9-16(20)12-28-24)11-19(30)10-17-14-29(2)22(23(25)26)21(17)15-7-5-4-6-8-15/h4-9,13,17,21-23H,3,10-12,14H2,1-2H3/t17-,21+,22-/m1/s1. The molecule has 1 fully saturated rings. The number of rotatable bonds is 7. The second kappa shape index (κ2) is 9.22. The number of likely N-dealkylation sites (tertiary alicyclic amines) is 1. The quantitative estimate of drug-likeness (QED) is 0.673. The van der Waals surface area contributed by atoms with Crippen molar-refractivity contribution in [3.8, 4) is 0 Å². The first-order valence-corrected chi connectivity index (χ1v) is 10.7. The van der Waals surface area contributed by atoms with Crippen LogP contribution in [0.25, 0.3) is 0 Å². The second-order valence-corrected chi connectivity index (χ2v) is 8.27. The van der Waals surface area contributed by atoms with Gasteiger partial charge in [-0.25, -0.2) is 13.8 Å². The fourth-order valence-electron chi connectivity index (χ4n) is 4.88. The molecule has 0 amide bonds. The number of carbonyl (C=O) groups excluding carboxylic acids is 1. The number of pyridine rings is 1. The summed E-state index contributed by atoms with van der Waals surface area (Å²) in [6.07, 6.45) is -0.305. The molecule has 164 valence electrons. The van der Waals surface area contributed by atoms with Crippen LogP contribution in [0.4, 0.5) is 8.78 Å². The predicted octanol–water partition coefficient (Wildman–Crippen LogP) is 3.86. The highest BCUT2D eigenvalue weighted by Crippen LogP contribution is 2.41. The van der Waals surface area contributed by atoms with Crippen molar-refractivity contribution in [2.45, 2.75) is 44.7 Å². The van der Waals surface area contributed by atoms with Crippen molar-refractivity contribution in [3.05, 3.63) is 65.0 Å². The summed E-state index contributed by atoms with van der Waals surface area (Å²) >= 11 is 0. The van der Waals surface area contributed by atoms with Crippen LogP contribution in [0.2, 0.25) is 0 Å². The molecule has 7 heteroatoms. The normalized spacial score (nSPS) is 23.1. The van der Waals surface area contributed by atoms with E-state index < -0.39 is 12.5 Å². The van der Waals surface area contributed by atoms with Gasteiger partial charge >= 0.3 is 0 Å². The third-order valence-corrected chi connectivity index (χ3v) is 6.17. The van der Waals surface area contributed by atoms with Gasteiger partial charge in [-0.3, -0.25) is 14.7 Å². The summed E-state index contributed by atoms with van der Waals surface area (Å²) in [5.41, 5.74) is 3.43. The SMILES string of the molecule is CCOC1=NCc2cc(CC(=O)C[C@@H]3CN(C)[C@@H](C(F)F)[C@H]3c3ccccc3)ncc21. The van der Waals surface area contributed by atoms with E-state index in [0.717, 1.165) is 16.7 Å². The van der Waals surface area contributed by atoms with E-state index >= 15 is 0 Å². The van der Waals surface area contributed by atoms with Crippen LogP contribution >= 0.6 is 0 Å². The van der Waals surface area contributed by atoms with E-state index in [1.54, 1.807) is 18.1 Å². The van der Waals surface area contributed by atoms with Crippen LogP contribution in [0.1, 0.15) is 41.6 Å². The summed E-state index contributed by atoms with van der Waals surface area (Å²) in [6.45, 7) is 3.44. The molecular weight excluding hydrogens is 400 g/mol. The minimum Gasteiger partial charge on any atom is -0.478 e. The molecule has 0 spiro atoms. The monoisotopic (exact) mass is 427 g/mol. The summed E-state index contributed by atoms with van der Waals surface area (Å²) in [5.74, 6) is 0.0951. The van der Waals surface area contributed by atoms with Crippen molar-refractivity contribution in [3.63, 3.8) is 0 Å². The Labute approximate surface area is 181 Å². The van der Waals surface area contributed by atoms with E-state index in [1.165, 1.54) is 0 Å². The largest absolute Gasteiger partial charge is 0.478 e. The predicted molar refractivity (Wildman–Crippen MR) is 115 cm³/mol. The highest BCUT2D eigenvalue weighted by molar-refractivity contribution is 5.97. The van der Waals surface area contributed by atoms with E-state index in [9.17, 15) is 13.6 Å². The Morgan fingerprint density at radius 1 is 1.29 bits per heavy atom. The molecule has 3 heterocycles. The van der Waals surface area contributed by atoms with Crippen molar-refractivity contribution in [1.82, 2.24) is 9.88 Å². The Hall–Kier alpha value is -2.67. The maximum Gasteiger partial charge on any atom is 0.254 e. The third kappa shape index (κ3) is 4.51. The molecule has 2 aromatic rings. The topological polar surface area (TPSA) is 54.8 Å². The molecule has 2 aliphatic rings. The zero-order valence-corrected chi connectivity index (χ0v) is 17.8. The van der Waals surface area contributed by atoms with Crippen LogP contribution in [0.5, 0.6) is 0 Å². The van der Waals surface area contributed by atoms with E-state index in [1.807, 2.05) is 43.3 Å². The number of Topliss-reactive ketones (excluding diaryl/α,β-unsaturated/α-hetero) is 1. The van der Waals surface area contributed by atoms with Gasteiger partial charge in [-0.2, -0.15) is 0 Å². The third-order valence-electron chi connectivity index (χ3n) is 6.17. The average Bonchev–Trinajstić information content (AvgIpc) is 3.29. The van der Waals surface area contributed by atoms with Crippen molar-refractivity contribution in [2.24, 2.45) is 10.9 Å². The fourth-order valence-corrected chi connectivity index (χ4v) is 4.88. The van der Waals surface area contributed by atoms with Gasteiger partial charge in [-0.1, -0.05) is 30.3 Å². The number of likely N-dealkylation sites (N-methyl/N-ethyl adjacent to an activating group) is 1. The number of aromatic nitrogens is 1. The van der Waals surface area contributed by atoms with Crippen LogP contribution in [0, 0.1) is 5.92 Å². The zero-order valence-electron chi connectivity index (χ0n) is 17.8. The molecular formula is C24H27F2N3O2. The molecule has 5 nitrogen and oxygen atoms in total. The summed E-state index contributed by atoms with van der Waals surface area (Å²) in [5, 5.41) is 0. The van der Waals surface area contributed by atoms with Gasteiger partial charge in [-0.15, -0.1) is 0 Å². The maximum atomic E-state index is 13.8. The number of fused-ring (bicyclic) bond motifs is 1. The summed E-state index contributed by atoms with van der Waals surface area (Å²) in [7, 11) is 1.72. The molecule has 31 heavy (non-hydrogen) atoms. The average molecular weight is 427 g/mol. The number of ether oxygens (including phenoxy) is 1. The molecule has 0 N–H and O–H groups in total. The second-order valence-electron chi connectivity index (χ2n) is 8.27. The summed E-state index contributed by atoms with van der Waals surface area (Å²) < 4.78 is 33.2. The first-order chi connectivity index (χ1) is 15.0. The Morgan fingerprint density at radius 2 is 2.06 bits per heavy atom. The molecule has 1 aromatic heterocycles. The lowest BCUT2D eigenvalue weighted by molar-refractivity contribution is -0.119. The lowest BCUT2D eigenvalue weighted by atomic mass is 9.81. The fraction of sp³-hybridized carbons (Fsp3) is 0.458. The summed E-state index contributed by atoms with van der Waals surface area (Å²) in [6, 6.07) is 10.4. The van der Waals surface area contributed by atoms with Gasteiger partial charge in [0.05, 0.1) is 24.8 Å². The highest BCUT2D eigenvalue weighted by Gasteiger charge is 2.45. The number of halogens is 2. The van der Waals surface area contributed by atoms with Crippen molar-refractivity contribution >= 4 is 11.7 Å². The summed E-state index contributed by atoms with van der Waals surface area (Å²) in [4.78, 5) is 23.4. The highest BCUT2D eigenvalue weighted by atomic mass is 19.3. The van der Waals surface area contributed by atoms with E-state index in [-0.39, 0.29) is 30.5 Å². The van der Waals surface area contributed by atoms with Gasteiger partial charge in [0.15, 0.2) is 0 Å². The zero-order chi connectivity index (χ0) is 22.0. The van der Waals surface area contributed by atoms with Crippen molar-refractivity contribution in [1.29, 1.82) is 0 Å². The molecule has 1 saturated heterocycles. The van der Waals surface area contributed by atoms with Gasteiger partial charge in [0.1, 0.15) is 5.78 Å². The molecule has 2 aliphatic heterocycles. The molecule has 0 aliphatic carbocycles. The number of carbonyl (C=O) groups is 1. The minimum absolute atomic E-state index is 0.0191. The molecule has 0 bridgehead atoms. The smallest absolute Gasteiger partial charge is 0.254 e. The van der Waals surface area contributed by atoms with E-state index in [2.05, 4.69) is 9.98 Å². The lowest BCUT2D eigenvalue weighted by Crippen LogP contribution is -2.35. The van der Waals surface area contributed by atoms with E-state index in [4.69, 9.17) is 4.74 Å². The Morgan fingerprint density at radius 3 is 2.77 bits per heavy atom. The number of benzene rings is 1. The van der Waals surface area contributed by atoms with Crippen molar-refractivity contribution in [2.75, 3.05) is 20.2 Å². The van der Waals surface area contributed by atoms with Crippen LogP contribution in [0.3, 0.4) is 0 Å². The van der Waals surface area contributed by atoms with Crippen LogP contribution in [0.15, 0.2) is 47.6 Å². The Bertz CT molecular complexity index is 965. The Balaban J connectivity index is 1.47. The van der Waals surface area contributed by atoms with Gasteiger partial charge < -0.3 is 4.74 Å². The lowest BCUT2D eigenvalue weighted by Gasteiger charge is -2.26. The van der Waals surface area contributed by atoms with Gasteiger partial charge in [0.25, 0.3) is 6.43 Å². The molecule has 0 unspecified atom stereocenters. The number of hydrogen-bond acceptors (Lipinski definition) is 5.